The van der Waals surface area contributed by atoms with Gasteiger partial charge < -0.3 is 4.74 Å². The van der Waals surface area contributed by atoms with Gasteiger partial charge in [-0.2, -0.15) is 0 Å². The van der Waals surface area contributed by atoms with Crippen LogP contribution < -0.4 is 0 Å². The lowest BCUT2D eigenvalue weighted by atomic mass is 9.54. The molecule has 0 radical (unpaired) electrons. The van der Waals surface area contributed by atoms with E-state index in [1.54, 1.807) is 6.92 Å². The Morgan fingerprint density at radius 3 is 2.79 bits per heavy atom. The number of ketones is 2. The zero-order valence-electron chi connectivity index (χ0n) is 14.9. The molecule has 0 bridgehead atoms. The molecule has 128 valence electrons. The molecule has 6 rings (SSSR count). The second-order valence-electron chi connectivity index (χ2n) is 9.97. The van der Waals surface area contributed by atoms with Crippen molar-refractivity contribution in [2.24, 2.45) is 33.5 Å². The summed E-state index contributed by atoms with van der Waals surface area (Å²) in [5.74, 6) is 1.88. The van der Waals surface area contributed by atoms with Gasteiger partial charge in [-0.05, 0) is 55.4 Å². The Labute approximate surface area is 143 Å². The number of ether oxygens (including phenoxy) is 1. The Hall–Kier alpha value is -0.960. The van der Waals surface area contributed by atoms with Gasteiger partial charge >= 0.3 is 0 Å². The van der Waals surface area contributed by atoms with Crippen molar-refractivity contribution < 1.29 is 14.3 Å². The van der Waals surface area contributed by atoms with Crippen molar-refractivity contribution in [2.75, 3.05) is 0 Å². The van der Waals surface area contributed by atoms with Crippen molar-refractivity contribution in [3.63, 3.8) is 0 Å². The van der Waals surface area contributed by atoms with Crippen LogP contribution in [-0.2, 0) is 14.3 Å². The monoisotopic (exact) mass is 326 g/mol. The average molecular weight is 326 g/mol. The van der Waals surface area contributed by atoms with Gasteiger partial charge in [0, 0.05) is 29.1 Å². The lowest BCUT2D eigenvalue weighted by Crippen LogP contribution is -2.49. The van der Waals surface area contributed by atoms with Gasteiger partial charge in [0.1, 0.15) is 5.78 Å². The minimum Gasteiger partial charge on any atom is -0.373 e. The van der Waals surface area contributed by atoms with Crippen LogP contribution in [0, 0.1) is 33.5 Å². The molecule has 24 heavy (non-hydrogen) atoms. The zero-order valence-corrected chi connectivity index (χ0v) is 14.9. The summed E-state index contributed by atoms with van der Waals surface area (Å²) in [4.78, 5) is 24.6. The first kappa shape index (κ1) is 14.2. The van der Waals surface area contributed by atoms with Crippen molar-refractivity contribution in [3.8, 4) is 0 Å². The van der Waals surface area contributed by atoms with E-state index in [-0.39, 0.29) is 39.7 Å². The van der Waals surface area contributed by atoms with Crippen LogP contribution in [-0.4, -0.2) is 23.8 Å². The number of hydrogen-bond acceptors (Lipinski definition) is 3. The van der Waals surface area contributed by atoms with E-state index in [0.717, 1.165) is 24.8 Å². The van der Waals surface area contributed by atoms with E-state index in [2.05, 4.69) is 19.9 Å². The molecule has 5 fully saturated rings. The summed E-state index contributed by atoms with van der Waals surface area (Å²) in [6, 6.07) is 0. The van der Waals surface area contributed by atoms with E-state index >= 15 is 0 Å². The van der Waals surface area contributed by atoms with E-state index < -0.39 is 0 Å². The Morgan fingerprint density at radius 1 is 1.25 bits per heavy atom. The molecule has 3 heteroatoms. The number of carbonyl (C=O) groups excluding carboxylic acids is 2. The average Bonchev–Trinajstić information content (AvgIpc) is 2.84. The first-order valence-electron chi connectivity index (χ1n) is 9.72. The summed E-state index contributed by atoms with van der Waals surface area (Å²) in [5, 5.41) is 0. The van der Waals surface area contributed by atoms with E-state index in [4.69, 9.17) is 4.74 Å². The second kappa shape index (κ2) is 3.60. The van der Waals surface area contributed by atoms with Gasteiger partial charge in [0.25, 0.3) is 0 Å². The number of allylic oxidation sites excluding steroid dienone is 2. The minimum atomic E-state index is -0.00983. The molecule has 8 atom stereocenters. The Balaban J connectivity index is 1.52. The van der Waals surface area contributed by atoms with Crippen LogP contribution in [0.3, 0.4) is 0 Å². The van der Waals surface area contributed by atoms with E-state index in [1.807, 2.05) is 0 Å². The summed E-state index contributed by atoms with van der Waals surface area (Å²) >= 11 is 0. The maximum atomic E-state index is 12.4. The van der Waals surface area contributed by atoms with Crippen molar-refractivity contribution in [2.45, 2.75) is 71.5 Å². The fraction of sp³-hybridized carbons (Fsp3) is 0.810. The molecule has 4 saturated carbocycles. The molecule has 0 aromatic rings. The first-order valence-corrected chi connectivity index (χ1v) is 9.72. The molecule has 3 unspecified atom stereocenters. The van der Waals surface area contributed by atoms with Gasteiger partial charge in [-0.15, -0.1) is 0 Å². The molecule has 0 aromatic carbocycles. The number of carbonyl (C=O) groups is 2. The SMILES string of the molecule is CC(=O)C1=CC[C@H]2[C@@H]3CCC45CC(=O)CC6OC(C[C@]12C)[C@]34[C@@]65C. The van der Waals surface area contributed by atoms with Gasteiger partial charge in [0.15, 0.2) is 5.78 Å². The summed E-state index contributed by atoms with van der Waals surface area (Å²) in [7, 11) is 0. The summed E-state index contributed by atoms with van der Waals surface area (Å²) in [6.45, 7) is 6.48. The molecule has 1 saturated heterocycles. The summed E-state index contributed by atoms with van der Waals surface area (Å²) < 4.78 is 6.58. The van der Waals surface area contributed by atoms with E-state index in [0.29, 0.717) is 24.0 Å². The van der Waals surface area contributed by atoms with Crippen molar-refractivity contribution in [1.82, 2.24) is 0 Å². The molecular formula is C21H26O3. The molecule has 3 nitrogen and oxygen atoms in total. The van der Waals surface area contributed by atoms with Gasteiger partial charge in [-0.1, -0.05) is 19.9 Å². The summed E-state index contributed by atoms with van der Waals surface area (Å²) in [6.07, 6.45) is 8.53. The highest BCUT2D eigenvalue weighted by molar-refractivity contribution is 5.95. The first-order chi connectivity index (χ1) is 11.3. The normalized spacial score (nSPS) is 62.0. The van der Waals surface area contributed by atoms with Crippen LogP contribution in [0.4, 0.5) is 0 Å². The largest absolute Gasteiger partial charge is 0.373 e. The minimum absolute atomic E-state index is 0.00983. The van der Waals surface area contributed by atoms with Crippen molar-refractivity contribution >= 4 is 11.6 Å². The molecule has 2 spiro atoms. The van der Waals surface area contributed by atoms with Crippen LogP contribution in [0.5, 0.6) is 0 Å². The third kappa shape index (κ3) is 1.02. The highest BCUT2D eigenvalue weighted by Gasteiger charge is 2.98. The third-order valence-electron chi connectivity index (χ3n) is 9.93. The molecule has 1 aliphatic heterocycles. The van der Waals surface area contributed by atoms with Crippen LogP contribution in [0.2, 0.25) is 0 Å². The van der Waals surface area contributed by atoms with E-state index in [9.17, 15) is 9.59 Å². The smallest absolute Gasteiger partial charge is 0.156 e. The van der Waals surface area contributed by atoms with Gasteiger partial charge in [0.05, 0.1) is 12.2 Å². The number of hydrogen-bond donors (Lipinski definition) is 0. The Morgan fingerprint density at radius 2 is 2.04 bits per heavy atom. The fourth-order valence-corrected chi connectivity index (χ4v) is 9.46. The van der Waals surface area contributed by atoms with Crippen LogP contribution in [0.1, 0.15) is 59.3 Å². The predicted molar refractivity (Wildman–Crippen MR) is 88.2 cm³/mol. The third-order valence-corrected chi connectivity index (χ3v) is 9.93. The van der Waals surface area contributed by atoms with Crippen molar-refractivity contribution in [3.05, 3.63) is 11.6 Å². The molecular weight excluding hydrogens is 300 g/mol. The fourth-order valence-electron chi connectivity index (χ4n) is 9.46. The predicted octanol–water partition coefficient (Wildman–Crippen LogP) is 3.46. The topological polar surface area (TPSA) is 43.4 Å². The quantitative estimate of drug-likeness (QED) is 0.741. The molecule has 5 aliphatic carbocycles. The standard InChI is InChI=1S/C21H26O3/c1-11(22)13-4-5-14-15-6-7-20-9-12(23)8-16-19(20,3)21(15,20)17(24-16)10-18(13,14)2/h4,14-17H,5-10H2,1-3H3/t14-,15-,16?,17?,18+,19-,20?,21-/m0/s1. The maximum Gasteiger partial charge on any atom is 0.156 e. The maximum absolute atomic E-state index is 12.4. The van der Waals surface area contributed by atoms with E-state index in [1.165, 1.54) is 12.8 Å². The highest BCUT2D eigenvalue weighted by atomic mass is 16.5. The van der Waals surface area contributed by atoms with Gasteiger partial charge in [0.2, 0.25) is 0 Å². The van der Waals surface area contributed by atoms with Gasteiger partial charge in [-0.3, -0.25) is 9.59 Å². The number of fused-ring (bicyclic) bond motifs is 2. The Bertz CT molecular complexity index is 752. The number of Topliss-reactive ketones (excluding diaryl/α,β-unsaturated/α-hetero) is 2. The molecule has 0 aromatic heterocycles. The zero-order chi connectivity index (χ0) is 16.7. The van der Waals surface area contributed by atoms with Crippen molar-refractivity contribution in [1.29, 1.82) is 0 Å². The molecule has 6 aliphatic rings. The molecule has 0 amide bonds. The van der Waals surface area contributed by atoms with Crippen LogP contribution in [0.15, 0.2) is 11.6 Å². The molecule has 1 heterocycles. The second-order valence-corrected chi connectivity index (χ2v) is 9.97. The summed E-state index contributed by atoms with van der Waals surface area (Å²) in [5.41, 5.74) is 1.74. The Kier molecular flexibility index (Phi) is 2.14. The number of rotatable bonds is 1. The highest BCUT2D eigenvalue weighted by Crippen LogP contribution is 2.97. The lowest BCUT2D eigenvalue weighted by molar-refractivity contribution is -0.141. The lowest BCUT2D eigenvalue weighted by Gasteiger charge is -2.50. The molecule has 0 N–H and O–H groups in total. The van der Waals surface area contributed by atoms with Crippen LogP contribution in [0.25, 0.3) is 0 Å². The van der Waals surface area contributed by atoms with Crippen LogP contribution >= 0.6 is 0 Å². The van der Waals surface area contributed by atoms with Gasteiger partial charge in [-0.25, -0.2) is 0 Å².